The summed E-state index contributed by atoms with van der Waals surface area (Å²) in [5.74, 6) is 1.02. The standard InChI is InChI=1S/C20H21N3O/c1-13(16-10-7-14-5-3-4-6-17(14)11-16)20(24)21-19-12-18(15-8-9-15)23(2)22-19/h3-7,10-13,15H,8-9H2,1-2H3,(H,21,22,24). The Bertz CT molecular complexity index is 908. The zero-order valence-electron chi connectivity index (χ0n) is 14.0. The number of aryl methyl sites for hydroxylation is 1. The lowest BCUT2D eigenvalue weighted by molar-refractivity contribution is -0.117. The van der Waals surface area contributed by atoms with Gasteiger partial charge >= 0.3 is 0 Å². The van der Waals surface area contributed by atoms with Crippen molar-refractivity contribution in [3.63, 3.8) is 0 Å². The largest absolute Gasteiger partial charge is 0.309 e. The number of nitrogens with zero attached hydrogens (tertiary/aromatic N) is 2. The molecule has 4 heteroatoms. The monoisotopic (exact) mass is 319 g/mol. The fraction of sp³-hybridized carbons (Fsp3) is 0.300. The summed E-state index contributed by atoms with van der Waals surface area (Å²) in [6, 6.07) is 16.4. The Hall–Kier alpha value is -2.62. The number of rotatable bonds is 4. The molecule has 1 amide bonds. The Balaban J connectivity index is 1.53. The van der Waals surface area contributed by atoms with Gasteiger partial charge in [-0.05, 0) is 36.1 Å². The predicted molar refractivity (Wildman–Crippen MR) is 96.2 cm³/mol. The van der Waals surface area contributed by atoms with E-state index in [1.807, 2.05) is 42.9 Å². The van der Waals surface area contributed by atoms with Gasteiger partial charge in [-0.2, -0.15) is 5.10 Å². The Morgan fingerprint density at radius 1 is 1.17 bits per heavy atom. The Kier molecular flexibility index (Phi) is 3.60. The van der Waals surface area contributed by atoms with Crippen LogP contribution in [0.15, 0.2) is 48.5 Å². The third-order valence-corrected chi connectivity index (χ3v) is 4.83. The van der Waals surface area contributed by atoms with Gasteiger partial charge in [0.15, 0.2) is 5.82 Å². The van der Waals surface area contributed by atoms with Gasteiger partial charge in [-0.1, -0.05) is 42.5 Å². The number of fused-ring (bicyclic) bond motifs is 1. The van der Waals surface area contributed by atoms with Crippen molar-refractivity contribution >= 4 is 22.5 Å². The summed E-state index contributed by atoms with van der Waals surface area (Å²) in [4.78, 5) is 12.6. The first-order valence-electron chi connectivity index (χ1n) is 8.45. The zero-order valence-corrected chi connectivity index (χ0v) is 14.0. The summed E-state index contributed by atoms with van der Waals surface area (Å²) in [5.41, 5.74) is 2.23. The second kappa shape index (κ2) is 5.78. The SMILES string of the molecule is CC(C(=O)Nc1cc(C2CC2)n(C)n1)c1ccc2ccccc2c1. The van der Waals surface area contributed by atoms with Crippen molar-refractivity contribution in [3.05, 3.63) is 59.8 Å². The first-order chi connectivity index (χ1) is 11.6. The van der Waals surface area contributed by atoms with Gasteiger partial charge in [0, 0.05) is 24.7 Å². The van der Waals surface area contributed by atoms with Gasteiger partial charge in [0.05, 0.1) is 5.92 Å². The topological polar surface area (TPSA) is 46.9 Å². The summed E-state index contributed by atoms with van der Waals surface area (Å²) in [6.07, 6.45) is 2.45. The molecule has 1 fully saturated rings. The summed E-state index contributed by atoms with van der Waals surface area (Å²) in [6.45, 7) is 1.93. The van der Waals surface area contributed by atoms with Crippen LogP contribution in [0.3, 0.4) is 0 Å². The van der Waals surface area contributed by atoms with Gasteiger partial charge < -0.3 is 5.32 Å². The maximum absolute atomic E-state index is 12.6. The highest BCUT2D eigenvalue weighted by Gasteiger charge is 2.27. The molecular weight excluding hydrogens is 298 g/mol. The number of anilines is 1. The van der Waals surface area contributed by atoms with Crippen LogP contribution < -0.4 is 5.32 Å². The van der Waals surface area contributed by atoms with Crippen LogP contribution in [0.25, 0.3) is 10.8 Å². The molecule has 1 unspecified atom stereocenters. The van der Waals surface area contributed by atoms with E-state index in [-0.39, 0.29) is 11.8 Å². The van der Waals surface area contributed by atoms with Gasteiger partial charge in [0.1, 0.15) is 0 Å². The van der Waals surface area contributed by atoms with Crippen molar-refractivity contribution in [1.82, 2.24) is 9.78 Å². The number of carbonyl (C=O) groups excluding carboxylic acids is 1. The molecule has 1 N–H and O–H groups in total. The lowest BCUT2D eigenvalue weighted by Gasteiger charge is -2.12. The third kappa shape index (κ3) is 2.80. The van der Waals surface area contributed by atoms with E-state index < -0.39 is 0 Å². The smallest absolute Gasteiger partial charge is 0.232 e. The highest BCUT2D eigenvalue weighted by atomic mass is 16.1. The molecule has 4 nitrogen and oxygen atoms in total. The van der Waals surface area contributed by atoms with Crippen LogP contribution in [0, 0.1) is 0 Å². The quantitative estimate of drug-likeness (QED) is 0.783. The average Bonchev–Trinajstić information content (AvgIpc) is 3.37. The normalized spacial score (nSPS) is 15.4. The molecular formula is C20H21N3O. The fourth-order valence-corrected chi connectivity index (χ4v) is 3.17. The van der Waals surface area contributed by atoms with Crippen molar-refractivity contribution in [2.75, 3.05) is 5.32 Å². The number of aromatic nitrogens is 2. The van der Waals surface area contributed by atoms with Crippen LogP contribution in [0.5, 0.6) is 0 Å². The van der Waals surface area contributed by atoms with Crippen LogP contribution in [-0.2, 0) is 11.8 Å². The molecule has 0 radical (unpaired) electrons. The van der Waals surface area contributed by atoms with Crippen LogP contribution in [0.2, 0.25) is 0 Å². The van der Waals surface area contributed by atoms with Gasteiger partial charge in [-0.3, -0.25) is 9.48 Å². The number of hydrogen-bond donors (Lipinski definition) is 1. The molecule has 1 aliphatic carbocycles. The summed E-state index contributed by atoms with van der Waals surface area (Å²) in [5, 5.41) is 9.73. The maximum Gasteiger partial charge on any atom is 0.232 e. The molecule has 0 saturated heterocycles. The van der Waals surface area contributed by atoms with Crippen LogP contribution in [0.4, 0.5) is 5.82 Å². The predicted octanol–water partition coefficient (Wildman–Crippen LogP) is 4.19. The molecule has 1 saturated carbocycles. The second-order valence-electron chi connectivity index (χ2n) is 6.67. The first-order valence-corrected chi connectivity index (χ1v) is 8.45. The van der Waals surface area contributed by atoms with Crippen molar-refractivity contribution in [2.45, 2.75) is 31.6 Å². The Morgan fingerprint density at radius 3 is 2.67 bits per heavy atom. The van der Waals surface area contributed by atoms with Gasteiger partial charge in [-0.15, -0.1) is 0 Å². The molecule has 0 spiro atoms. The summed E-state index contributed by atoms with van der Waals surface area (Å²) in [7, 11) is 1.94. The molecule has 122 valence electrons. The number of carbonyl (C=O) groups is 1. The lowest BCUT2D eigenvalue weighted by atomic mass is 9.97. The molecule has 1 atom stereocenters. The number of amides is 1. The second-order valence-corrected chi connectivity index (χ2v) is 6.67. The highest BCUT2D eigenvalue weighted by Crippen LogP contribution is 2.40. The van der Waals surface area contributed by atoms with E-state index >= 15 is 0 Å². The van der Waals surface area contributed by atoms with E-state index in [1.54, 1.807) is 0 Å². The van der Waals surface area contributed by atoms with E-state index in [1.165, 1.54) is 23.9 Å². The highest BCUT2D eigenvalue weighted by molar-refractivity contribution is 5.95. The average molecular weight is 319 g/mol. The number of benzene rings is 2. The van der Waals surface area contributed by atoms with Crippen LogP contribution in [0.1, 0.15) is 42.9 Å². The van der Waals surface area contributed by atoms with Crippen LogP contribution >= 0.6 is 0 Å². The Morgan fingerprint density at radius 2 is 1.92 bits per heavy atom. The van der Waals surface area contributed by atoms with E-state index in [0.717, 1.165) is 10.9 Å². The lowest BCUT2D eigenvalue weighted by Crippen LogP contribution is -2.19. The van der Waals surface area contributed by atoms with E-state index in [9.17, 15) is 4.79 Å². The van der Waals surface area contributed by atoms with Crippen molar-refractivity contribution in [2.24, 2.45) is 7.05 Å². The van der Waals surface area contributed by atoms with Crippen molar-refractivity contribution in [1.29, 1.82) is 0 Å². The summed E-state index contributed by atoms with van der Waals surface area (Å²) >= 11 is 0. The molecule has 2 aromatic carbocycles. The minimum atomic E-state index is -0.221. The number of hydrogen-bond acceptors (Lipinski definition) is 2. The molecule has 24 heavy (non-hydrogen) atoms. The van der Waals surface area contributed by atoms with Crippen molar-refractivity contribution in [3.8, 4) is 0 Å². The van der Waals surface area contributed by atoms with E-state index in [4.69, 9.17) is 0 Å². The minimum Gasteiger partial charge on any atom is -0.309 e. The van der Waals surface area contributed by atoms with Crippen LogP contribution in [-0.4, -0.2) is 15.7 Å². The van der Waals surface area contributed by atoms with Gasteiger partial charge in [0.25, 0.3) is 0 Å². The van der Waals surface area contributed by atoms with Crippen molar-refractivity contribution < 1.29 is 4.79 Å². The van der Waals surface area contributed by atoms with E-state index in [0.29, 0.717) is 11.7 Å². The minimum absolute atomic E-state index is 0.0225. The van der Waals surface area contributed by atoms with Gasteiger partial charge in [-0.25, -0.2) is 0 Å². The van der Waals surface area contributed by atoms with E-state index in [2.05, 4.69) is 34.7 Å². The summed E-state index contributed by atoms with van der Waals surface area (Å²) < 4.78 is 1.88. The number of nitrogens with one attached hydrogen (secondary N) is 1. The first kappa shape index (κ1) is 14.9. The molecule has 0 bridgehead atoms. The Labute approximate surface area is 141 Å². The molecule has 4 rings (SSSR count). The molecule has 1 aliphatic rings. The molecule has 3 aromatic rings. The maximum atomic E-state index is 12.6. The molecule has 1 heterocycles. The fourth-order valence-electron chi connectivity index (χ4n) is 3.17. The molecule has 1 aromatic heterocycles. The third-order valence-electron chi connectivity index (χ3n) is 4.83. The van der Waals surface area contributed by atoms with Gasteiger partial charge in [0.2, 0.25) is 5.91 Å². The zero-order chi connectivity index (χ0) is 16.7. The molecule has 0 aliphatic heterocycles.